The third kappa shape index (κ3) is 6.40. The molecule has 0 fully saturated rings. The predicted molar refractivity (Wildman–Crippen MR) is 112 cm³/mol. The number of hydrogen-bond donors (Lipinski definition) is 3. The highest BCUT2D eigenvalue weighted by Gasteiger charge is 2.33. The Balaban J connectivity index is 2.12. The topological polar surface area (TPSA) is 113 Å². The summed E-state index contributed by atoms with van der Waals surface area (Å²) < 4.78 is 28.0. The van der Waals surface area contributed by atoms with Crippen molar-refractivity contribution in [2.75, 3.05) is 11.9 Å². The summed E-state index contributed by atoms with van der Waals surface area (Å²) in [6.07, 6.45) is 2.87. The van der Waals surface area contributed by atoms with Crippen LogP contribution in [0, 0.1) is 23.7 Å². The van der Waals surface area contributed by atoms with Crippen LogP contribution in [0.25, 0.3) is 0 Å². The zero-order valence-electron chi connectivity index (χ0n) is 17.3. The summed E-state index contributed by atoms with van der Waals surface area (Å²) in [5.74, 6) is -0.524. The van der Waals surface area contributed by atoms with Gasteiger partial charge in [0, 0.05) is 19.2 Å². The maximum Gasteiger partial charge on any atom is 0.303 e. The van der Waals surface area contributed by atoms with E-state index < -0.39 is 16.0 Å². The van der Waals surface area contributed by atoms with Crippen molar-refractivity contribution in [3.8, 4) is 0 Å². The second-order valence-electron chi connectivity index (χ2n) is 8.07. The first-order chi connectivity index (χ1) is 13.5. The molecule has 0 radical (unpaired) electrons. The third-order valence-electron chi connectivity index (χ3n) is 5.50. The van der Waals surface area contributed by atoms with Crippen LogP contribution in [-0.4, -0.2) is 31.9 Å². The number of carboxylic acids is 1. The van der Waals surface area contributed by atoms with Crippen LogP contribution in [0.15, 0.2) is 40.8 Å². The van der Waals surface area contributed by atoms with E-state index >= 15 is 0 Å². The predicted octanol–water partition coefficient (Wildman–Crippen LogP) is 3.25. The molecule has 1 aromatic carbocycles. The van der Waals surface area contributed by atoms with E-state index in [1.165, 1.54) is 19.1 Å². The minimum Gasteiger partial charge on any atom is -0.481 e. The summed E-state index contributed by atoms with van der Waals surface area (Å²) in [7, 11) is -3.69. The molecule has 1 aromatic rings. The Hall–Kier alpha value is -2.19. The van der Waals surface area contributed by atoms with Gasteiger partial charge in [0.1, 0.15) is 0 Å². The number of hydrogen-bond acceptors (Lipinski definition) is 4. The van der Waals surface area contributed by atoms with Gasteiger partial charge in [0.2, 0.25) is 15.9 Å². The number of carbonyl (C=O) groups is 2. The maximum absolute atomic E-state index is 12.7. The molecular weight excluding hydrogens is 392 g/mol. The lowest BCUT2D eigenvalue weighted by molar-refractivity contribution is -0.138. The molecule has 3 atom stereocenters. The molecule has 8 heteroatoms. The molecule has 0 spiro atoms. The van der Waals surface area contributed by atoms with Gasteiger partial charge >= 0.3 is 5.97 Å². The number of benzene rings is 1. The van der Waals surface area contributed by atoms with E-state index in [0.29, 0.717) is 11.6 Å². The molecule has 0 saturated heterocycles. The van der Waals surface area contributed by atoms with Gasteiger partial charge in [-0.25, -0.2) is 13.1 Å². The molecule has 0 unspecified atom stereocenters. The van der Waals surface area contributed by atoms with Gasteiger partial charge in [0.25, 0.3) is 0 Å². The van der Waals surface area contributed by atoms with E-state index in [1.54, 1.807) is 12.1 Å². The zero-order valence-corrected chi connectivity index (χ0v) is 18.1. The average molecular weight is 423 g/mol. The van der Waals surface area contributed by atoms with Crippen LogP contribution in [0.1, 0.15) is 40.5 Å². The number of amides is 1. The Bertz CT molecular complexity index is 875. The molecule has 7 nitrogen and oxygen atoms in total. The molecule has 0 aliphatic heterocycles. The van der Waals surface area contributed by atoms with E-state index in [4.69, 9.17) is 5.11 Å². The molecule has 2 rings (SSSR count). The second-order valence-corrected chi connectivity index (χ2v) is 9.84. The van der Waals surface area contributed by atoms with Crippen LogP contribution in [0.2, 0.25) is 0 Å². The molecule has 0 heterocycles. The summed E-state index contributed by atoms with van der Waals surface area (Å²) in [5.41, 5.74) is 1.54. The van der Waals surface area contributed by atoms with Gasteiger partial charge < -0.3 is 10.4 Å². The normalized spacial score (nSPS) is 22.2. The lowest BCUT2D eigenvalue weighted by Gasteiger charge is -2.36. The standard InChI is InChI=1S/C21H30N2O5S/c1-13(2)20-10-16(11-21(25)26)14(3)9-17(20)12-22-29(27,28)19-7-5-18(6-8-19)23-15(4)24/h5-9,13,16-17,20,22H,10-12H2,1-4H3,(H,23,24)(H,25,26)/t16-,17-,20-/m0/s1. The van der Waals surface area contributed by atoms with Crippen LogP contribution in [0.3, 0.4) is 0 Å². The number of rotatable bonds is 8. The smallest absolute Gasteiger partial charge is 0.303 e. The lowest BCUT2D eigenvalue weighted by Crippen LogP contribution is -2.37. The van der Waals surface area contributed by atoms with Crippen LogP contribution < -0.4 is 10.0 Å². The highest BCUT2D eigenvalue weighted by Crippen LogP contribution is 2.38. The van der Waals surface area contributed by atoms with E-state index in [1.807, 2.05) is 13.0 Å². The molecule has 29 heavy (non-hydrogen) atoms. The van der Waals surface area contributed by atoms with Crippen molar-refractivity contribution in [2.45, 2.75) is 45.4 Å². The van der Waals surface area contributed by atoms with Crippen molar-refractivity contribution in [1.82, 2.24) is 4.72 Å². The highest BCUT2D eigenvalue weighted by molar-refractivity contribution is 7.89. The van der Waals surface area contributed by atoms with Crippen molar-refractivity contribution >= 4 is 27.6 Å². The first-order valence-corrected chi connectivity index (χ1v) is 11.3. The molecule has 0 aromatic heterocycles. The number of carboxylic acid groups (broad SMARTS) is 1. The van der Waals surface area contributed by atoms with Crippen LogP contribution in [0.5, 0.6) is 0 Å². The molecule has 0 saturated carbocycles. The average Bonchev–Trinajstić information content (AvgIpc) is 2.61. The highest BCUT2D eigenvalue weighted by atomic mass is 32.2. The molecule has 1 amide bonds. The van der Waals surface area contributed by atoms with Gasteiger partial charge in [-0.3, -0.25) is 9.59 Å². The fraction of sp³-hybridized carbons (Fsp3) is 0.524. The van der Waals surface area contributed by atoms with E-state index in [-0.39, 0.29) is 41.5 Å². The van der Waals surface area contributed by atoms with Gasteiger partial charge in [0.05, 0.1) is 11.3 Å². The van der Waals surface area contributed by atoms with Crippen molar-refractivity contribution in [3.05, 3.63) is 35.9 Å². The number of sulfonamides is 1. The van der Waals surface area contributed by atoms with Crippen LogP contribution in [0.4, 0.5) is 5.69 Å². The first-order valence-electron chi connectivity index (χ1n) is 9.77. The van der Waals surface area contributed by atoms with Crippen molar-refractivity contribution in [3.63, 3.8) is 0 Å². The summed E-state index contributed by atoms with van der Waals surface area (Å²) in [6.45, 7) is 7.73. The number of nitrogens with one attached hydrogen (secondary N) is 2. The molecule has 3 N–H and O–H groups in total. The third-order valence-corrected chi connectivity index (χ3v) is 6.94. The van der Waals surface area contributed by atoms with Crippen LogP contribution in [-0.2, 0) is 19.6 Å². The van der Waals surface area contributed by atoms with Gasteiger partial charge in [-0.1, -0.05) is 25.5 Å². The molecule has 1 aliphatic carbocycles. The Morgan fingerprint density at radius 2 is 1.83 bits per heavy atom. The van der Waals surface area contributed by atoms with Gasteiger partial charge in [-0.2, -0.15) is 0 Å². The maximum atomic E-state index is 12.7. The van der Waals surface area contributed by atoms with Crippen molar-refractivity contribution in [2.24, 2.45) is 23.7 Å². The zero-order chi connectivity index (χ0) is 21.8. The minimum absolute atomic E-state index is 0.00548. The first kappa shape index (κ1) is 23.1. The lowest BCUT2D eigenvalue weighted by atomic mass is 9.70. The number of carbonyl (C=O) groups excluding carboxylic acids is 1. The fourth-order valence-electron chi connectivity index (χ4n) is 3.93. The Labute approximate surface area is 172 Å². The molecule has 0 bridgehead atoms. The fourth-order valence-corrected chi connectivity index (χ4v) is 5.00. The summed E-state index contributed by atoms with van der Waals surface area (Å²) in [4.78, 5) is 22.3. The van der Waals surface area contributed by atoms with E-state index in [9.17, 15) is 18.0 Å². The summed E-state index contributed by atoms with van der Waals surface area (Å²) >= 11 is 0. The summed E-state index contributed by atoms with van der Waals surface area (Å²) in [6, 6.07) is 6.01. The van der Waals surface area contributed by atoms with E-state index in [2.05, 4.69) is 23.9 Å². The monoisotopic (exact) mass is 422 g/mol. The van der Waals surface area contributed by atoms with Gasteiger partial charge in [0.15, 0.2) is 0 Å². The van der Waals surface area contributed by atoms with Crippen LogP contribution >= 0.6 is 0 Å². The number of allylic oxidation sites excluding steroid dienone is 1. The minimum atomic E-state index is -3.69. The number of anilines is 1. The number of aliphatic carboxylic acids is 1. The van der Waals surface area contributed by atoms with Gasteiger partial charge in [-0.15, -0.1) is 0 Å². The molecule has 160 valence electrons. The largest absolute Gasteiger partial charge is 0.481 e. The Kier molecular flexibility index (Phi) is 7.60. The second kappa shape index (κ2) is 9.54. The SMILES string of the molecule is CC(=O)Nc1ccc(S(=O)(=O)NC[C@@H]2C=C(C)[C@H](CC(=O)O)C[C@H]2C(C)C)cc1. The summed E-state index contributed by atoms with van der Waals surface area (Å²) in [5, 5.41) is 11.7. The van der Waals surface area contributed by atoms with Crippen molar-refractivity contribution < 1.29 is 23.1 Å². The van der Waals surface area contributed by atoms with Gasteiger partial charge in [-0.05, 0) is 61.3 Å². The molecule has 1 aliphatic rings. The Morgan fingerprint density at radius 1 is 1.21 bits per heavy atom. The molecular formula is C21H30N2O5S. The quantitative estimate of drug-likeness (QED) is 0.557. The van der Waals surface area contributed by atoms with E-state index in [0.717, 1.165) is 12.0 Å². The van der Waals surface area contributed by atoms with Crippen molar-refractivity contribution in [1.29, 1.82) is 0 Å². The Morgan fingerprint density at radius 3 is 2.34 bits per heavy atom.